The second kappa shape index (κ2) is 4.37. The Kier molecular flexibility index (Phi) is 3.04. The second-order valence-electron chi connectivity index (χ2n) is 3.65. The molecule has 2 N–H and O–H groups in total. The SMILES string of the molecule is Cc1cc(CN)nc(-n2ccc(C(F)(F)F)n2)n1. The third kappa shape index (κ3) is 2.48. The van der Waals surface area contributed by atoms with Crippen LogP contribution in [0.25, 0.3) is 5.95 Å². The van der Waals surface area contributed by atoms with Crippen molar-refractivity contribution < 1.29 is 13.2 Å². The van der Waals surface area contributed by atoms with Crippen molar-refractivity contribution in [3.05, 3.63) is 35.4 Å². The number of alkyl halides is 3. The lowest BCUT2D eigenvalue weighted by molar-refractivity contribution is -0.141. The highest BCUT2D eigenvalue weighted by molar-refractivity contribution is 5.19. The highest BCUT2D eigenvalue weighted by Crippen LogP contribution is 2.27. The maximum Gasteiger partial charge on any atom is 0.435 e. The fraction of sp³-hybridized carbons (Fsp3) is 0.300. The Hall–Kier alpha value is -1.96. The van der Waals surface area contributed by atoms with Crippen LogP contribution in [0.15, 0.2) is 18.3 Å². The van der Waals surface area contributed by atoms with E-state index in [9.17, 15) is 13.2 Å². The van der Waals surface area contributed by atoms with Gasteiger partial charge in [0.2, 0.25) is 0 Å². The molecule has 0 aliphatic rings. The van der Waals surface area contributed by atoms with Crippen molar-refractivity contribution in [1.29, 1.82) is 0 Å². The van der Waals surface area contributed by atoms with Crippen LogP contribution in [0.2, 0.25) is 0 Å². The van der Waals surface area contributed by atoms with Crippen molar-refractivity contribution in [2.75, 3.05) is 0 Å². The summed E-state index contributed by atoms with van der Waals surface area (Å²) in [6, 6.07) is 2.53. The second-order valence-corrected chi connectivity index (χ2v) is 3.65. The number of hydrogen-bond donors (Lipinski definition) is 1. The van der Waals surface area contributed by atoms with Gasteiger partial charge in [0.25, 0.3) is 5.95 Å². The molecular weight excluding hydrogens is 247 g/mol. The number of aryl methyl sites for hydroxylation is 1. The lowest BCUT2D eigenvalue weighted by atomic mass is 10.3. The van der Waals surface area contributed by atoms with E-state index in [4.69, 9.17) is 5.73 Å². The van der Waals surface area contributed by atoms with Crippen molar-refractivity contribution in [1.82, 2.24) is 19.7 Å². The summed E-state index contributed by atoms with van der Waals surface area (Å²) in [7, 11) is 0. The van der Waals surface area contributed by atoms with E-state index in [0.717, 1.165) is 16.9 Å². The Bertz CT molecular complexity index is 561. The van der Waals surface area contributed by atoms with Crippen LogP contribution in [-0.2, 0) is 12.7 Å². The molecule has 2 rings (SSSR count). The summed E-state index contributed by atoms with van der Waals surface area (Å²) in [6.07, 6.45) is -3.32. The van der Waals surface area contributed by atoms with Gasteiger partial charge in [-0.1, -0.05) is 0 Å². The molecule has 0 aliphatic carbocycles. The van der Waals surface area contributed by atoms with Crippen LogP contribution in [0, 0.1) is 6.92 Å². The van der Waals surface area contributed by atoms with Crippen LogP contribution in [0.5, 0.6) is 0 Å². The van der Waals surface area contributed by atoms with E-state index in [1.807, 2.05) is 0 Å². The van der Waals surface area contributed by atoms with Gasteiger partial charge in [-0.15, -0.1) is 0 Å². The van der Waals surface area contributed by atoms with Crippen LogP contribution >= 0.6 is 0 Å². The molecule has 2 aromatic heterocycles. The molecule has 0 amide bonds. The highest BCUT2D eigenvalue weighted by atomic mass is 19.4. The van der Waals surface area contributed by atoms with Crippen molar-refractivity contribution in [3.8, 4) is 5.95 Å². The molecular formula is C10H10F3N5. The monoisotopic (exact) mass is 257 g/mol. The molecule has 0 spiro atoms. The lowest BCUT2D eigenvalue weighted by Crippen LogP contribution is -2.11. The summed E-state index contributed by atoms with van der Waals surface area (Å²) < 4.78 is 38.2. The molecule has 8 heteroatoms. The zero-order chi connectivity index (χ0) is 13.3. The average molecular weight is 257 g/mol. The first-order valence-corrected chi connectivity index (χ1v) is 5.08. The zero-order valence-corrected chi connectivity index (χ0v) is 9.44. The van der Waals surface area contributed by atoms with Crippen molar-refractivity contribution in [2.45, 2.75) is 19.6 Å². The molecule has 5 nitrogen and oxygen atoms in total. The van der Waals surface area contributed by atoms with Gasteiger partial charge < -0.3 is 5.73 Å². The third-order valence-corrected chi connectivity index (χ3v) is 2.19. The number of halogens is 3. The Morgan fingerprint density at radius 2 is 2.06 bits per heavy atom. The topological polar surface area (TPSA) is 69.6 Å². The molecule has 0 aliphatic heterocycles. The summed E-state index contributed by atoms with van der Waals surface area (Å²) in [5.41, 5.74) is 5.61. The number of hydrogen-bond acceptors (Lipinski definition) is 4. The number of nitrogens with zero attached hydrogens (tertiary/aromatic N) is 4. The minimum Gasteiger partial charge on any atom is -0.325 e. The molecule has 0 saturated carbocycles. The Morgan fingerprint density at radius 3 is 2.61 bits per heavy atom. The van der Waals surface area contributed by atoms with Crippen molar-refractivity contribution >= 4 is 0 Å². The van der Waals surface area contributed by atoms with Gasteiger partial charge in [-0.25, -0.2) is 14.6 Å². The van der Waals surface area contributed by atoms with E-state index in [0.29, 0.717) is 11.4 Å². The third-order valence-electron chi connectivity index (χ3n) is 2.19. The molecule has 2 heterocycles. The van der Waals surface area contributed by atoms with Crippen molar-refractivity contribution in [3.63, 3.8) is 0 Å². The predicted octanol–water partition coefficient (Wildman–Crippen LogP) is 1.45. The number of aromatic nitrogens is 4. The van der Waals surface area contributed by atoms with Gasteiger partial charge in [0.15, 0.2) is 5.69 Å². The van der Waals surface area contributed by atoms with E-state index in [1.165, 1.54) is 0 Å². The normalized spacial score (nSPS) is 11.8. The molecule has 96 valence electrons. The molecule has 0 radical (unpaired) electrons. The first-order chi connectivity index (χ1) is 8.40. The highest BCUT2D eigenvalue weighted by Gasteiger charge is 2.33. The molecule has 0 atom stereocenters. The standard InChI is InChI=1S/C10H10F3N5/c1-6-4-7(5-14)16-9(15-6)18-3-2-8(17-18)10(11,12)13/h2-4H,5,14H2,1H3. The number of rotatable bonds is 2. The summed E-state index contributed by atoms with van der Waals surface area (Å²) in [5.74, 6) is 0.0750. The van der Waals surface area contributed by atoms with Gasteiger partial charge in [0, 0.05) is 18.4 Å². The van der Waals surface area contributed by atoms with E-state index >= 15 is 0 Å². The summed E-state index contributed by atoms with van der Waals surface area (Å²) in [5, 5.41) is 3.39. The molecule has 0 unspecified atom stereocenters. The molecule has 2 aromatic rings. The van der Waals surface area contributed by atoms with Crippen LogP contribution in [0.1, 0.15) is 17.1 Å². The summed E-state index contributed by atoms with van der Waals surface area (Å²) in [6.45, 7) is 1.89. The minimum atomic E-state index is -4.48. The smallest absolute Gasteiger partial charge is 0.325 e. The fourth-order valence-corrected chi connectivity index (χ4v) is 1.41. The van der Waals surface area contributed by atoms with E-state index in [1.54, 1.807) is 13.0 Å². The summed E-state index contributed by atoms with van der Waals surface area (Å²) >= 11 is 0. The van der Waals surface area contributed by atoms with Gasteiger partial charge >= 0.3 is 6.18 Å². The molecule has 0 fully saturated rings. The zero-order valence-electron chi connectivity index (χ0n) is 9.44. The predicted molar refractivity (Wildman–Crippen MR) is 56.8 cm³/mol. The van der Waals surface area contributed by atoms with Crippen LogP contribution in [0.3, 0.4) is 0 Å². The van der Waals surface area contributed by atoms with E-state index in [-0.39, 0.29) is 12.5 Å². The maximum absolute atomic E-state index is 12.4. The largest absolute Gasteiger partial charge is 0.435 e. The Labute approximate surface area is 100 Å². The fourth-order valence-electron chi connectivity index (χ4n) is 1.41. The van der Waals surface area contributed by atoms with Gasteiger partial charge in [-0.05, 0) is 19.1 Å². The van der Waals surface area contributed by atoms with Gasteiger partial charge in [-0.2, -0.15) is 18.3 Å². The van der Waals surface area contributed by atoms with Crippen LogP contribution in [-0.4, -0.2) is 19.7 Å². The average Bonchev–Trinajstić information content (AvgIpc) is 2.77. The minimum absolute atomic E-state index is 0.0750. The maximum atomic E-state index is 12.4. The summed E-state index contributed by atoms with van der Waals surface area (Å²) in [4.78, 5) is 8.03. The first-order valence-electron chi connectivity index (χ1n) is 5.08. The molecule has 0 saturated heterocycles. The quantitative estimate of drug-likeness (QED) is 0.884. The lowest BCUT2D eigenvalue weighted by Gasteiger charge is -2.04. The van der Waals surface area contributed by atoms with E-state index < -0.39 is 11.9 Å². The van der Waals surface area contributed by atoms with Gasteiger partial charge in [0.1, 0.15) is 0 Å². The number of nitrogens with two attached hydrogens (primary N) is 1. The van der Waals surface area contributed by atoms with Crippen LogP contribution < -0.4 is 5.73 Å². The van der Waals surface area contributed by atoms with Crippen LogP contribution in [0.4, 0.5) is 13.2 Å². The van der Waals surface area contributed by atoms with Crippen molar-refractivity contribution in [2.24, 2.45) is 5.73 Å². The Balaban J connectivity index is 2.43. The van der Waals surface area contributed by atoms with Gasteiger partial charge in [-0.3, -0.25) is 0 Å². The first kappa shape index (κ1) is 12.5. The van der Waals surface area contributed by atoms with Gasteiger partial charge in [0.05, 0.1) is 5.69 Å². The molecule has 0 aromatic carbocycles. The molecule has 18 heavy (non-hydrogen) atoms. The molecule has 0 bridgehead atoms. The van der Waals surface area contributed by atoms with E-state index in [2.05, 4.69) is 15.1 Å². The Morgan fingerprint density at radius 1 is 1.33 bits per heavy atom.